The highest BCUT2D eigenvalue weighted by atomic mass is 16.3. The van der Waals surface area contributed by atoms with Crippen LogP contribution in [0.3, 0.4) is 0 Å². The first kappa shape index (κ1) is 20.5. The van der Waals surface area contributed by atoms with E-state index in [2.05, 4.69) is 15.6 Å². The predicted octanol–water partition coefficient (Wildman–Crippen LogP) is 2.44. The fourth-order valence-corrected chi connectivity index (χ4v) is 2.81. The molecule has 0 aliphatic rings. The maximum atomic E-state index is 12.7. The largest absolute Gasteiger partial charge is 0.507 e. The number of aromatic hydroxyl groups is 1. The summed E-state index contributed by atoms with van der Waals surface area (Å²) in [4.78, 5) is 25.3. The Morgan fingerprint density at radius 1 is 1.27 bits per heavy atom. The second kappa shape index (κ2) is 8.84. The molecule has 0 radical (unpaired) electrons. The number of phenols is 1. The Balaban J connectivity index is 1.97. The highest BCUT2D eigenvalue weighted by Gasteiger charge is 2.20. The Labute approximate surface area is 172 Å². The Kier molecular flexibility index (Phi) is 6.03. The number of benzene rings is 2. The first-order chi connectivity index (χ1) is 14.5. The van der Waals surface area contributed by atoms with Crippen molar-refractivity contribution in [3.05, 3.63) is 86.8 Å². The van der Waals surface area contributed by atoms with Crippen LogP contribution in [0.2, 0.25) is 0 Å². The summed E-state index contributed by atoms with van der Waals surface area (Å²) in [5, 5.41) is 27.2. The van der Waals surface area contributed by atoms with Crippen LogP contribution in [0.5, 0.6) is 5.75 Å². The molecule has 8 heteroatoms. The van der Waals surface area contributed by atoms with Gasteiger partial charge in [0.2, 0.25) is 0 Å². The van der Waals surface area contributed by atoms with Crippen molar-refractivity contribution in [2.45, 2.75) is 20.3 Å². The molecule has 1 heterocycles. The summed E-state index contributed by atoms with van der Waals surface area (Å²) in [5.74, 6) is -0.671. The summed E-state index contributed by atoms with van der Waals surface area (Å²) in [6, 6.07) is 15.5. The van der Waals surface area contributed by atoms with Gasteiger partial charge in [0.15, 0.2) is 5.69 Å². The summed E-state index contributed by atoms with van der Waals surface area (Å²) in [6.45, 7) is 3.50. The average Bonchev–Trinajstić information content (AvgIpc) is 2.75. The van der Waals surface area contributed by atoms with Crippen molar-refractivity contribution >= 4 is 12.1 Å². The summed E-state index contributed by atoms with van der Waals surface area (Å²) in [5.41, 5.74) is 3.56. The summed E-state index contributed by atoms with van der Waals surface area (Å²) in [7, 11) is 0. The number of aromatic nitrogens is 2. The topological polar surface area (TPSA) is 120 Å². The molecule has 3 rings (SSSR count). The molecule has 0 fully saturated rings. The van der Waals surface area contributed by atoms with Gasteiger partial charge in [-0.3, -0.25) is 9.59 Å². The van der Waals surface area contributed by atoms with E-state index in [0.29, 0.717) is 11.3 Å². The van der Waals surface area contributed by atoms with Crippen LogP contribution in [-0.4, -0.2) is 27.0 Å². The third kappa shape index (κ3) is 4.10. The van der Waals surface area contributed by atoms with Crippen molar-refractivity contribution in [3.8, 4) is 17.5 Å². The number of aryl methyl sites for hydroxylation is 1. The zero-order chi connectivity index (χ0) is 21.7. The van der Waals surface area contributed by atoms with E-state index in [9.17, 15) is 20.0 Å². The lowest BCUT2D eigenvalue weighted by molar-refractivity contribution is 0.0947. The molecule has 30 heavy (non-hydrogen) atoms. The van der Waals surface area contributed by atoms with Gasteiger partial charge in [0.25, 0.3) is 11.5 Å². The highest BCUT2D eigenvalue weighted by Crippen LogP contribution is 2.13. The lowest BCUT2D eigenvalue weighted by Crippen LogP contribution is -2.31. The second-order valence-corrected chi connectivity index (χ2v) is 6.46. The Morgan fingerprint density at radius 3 is 2.60 bits per heavy atom. The molecule has 0 saturated carbocycles. The van der Waals surface area contributed by atoms with Gasteiger partial charge >= 0.3 is 0 Å². The first-order valence-electron chi connectivity index (χ1n) is 9.21. The zero-order valence-corrected chi connectivity index (χ0v) is 16.5. The number of hydrogen-bond acceptors (Lipinski definition) is 6. The number of hydrogen-bond donors (Lipinski definition) is 2. The highest BCUT2D eigenvalue weighted by molar-refractivity contribution is 5.95. The van der Waals surface area contributed by atoms with E-state index >= 15 is 0 Å². The van der Waals surface area contributed by atoms with E-state index in [1.165, 1.54) is 19.2 Å². The van der Waals surface area contributed by atoms with Crippen molar-refractivity contribution in [2.24, 2.45) is 5.10 Å². The fraction of sp³-hybridized carbons (Fsp3) is 0.136. The van der Waals surface area contributed by atoms with Gasteiger partial charge < -0.3 is 5.11 Å². The molecular weight excluding hydrogens is 382 g/mol. The summed E-state index contributed by atoms with van der Waals surface area (Å²) >= 11 is 0. The molecule has 150 valence electrons. The zero-order valence-electron chi connectivity index (χ0n) is 16.5. The smallest absolute Gasteiger partial charge is 0.292 e. The second-order valence-electron chi connectivity index (χ2n) is 6.46. The quantitative estimate of drug-likeness (QED) is 0.502. The molecule has 1 aromatic heterocycles. The molecule has 0 unspecified atom stereocenters. The van der Waals surface area contributed by atoms with Crippen LogP contribution >= 0.6 is 0 Å². The Morgan fingerprint density at radius 2 is 1.97 bits per heavy atom. The van der Waals surface area contributed by atoms with Crippen LogP contribution in [0.4, 0.5) is 0 Å². The maximum Gasteiger partial charge on any atom is 0.292 e. The standard InChI is InChI=1S/C22H19N5O3/c1-3-15-8-10-17(11-9-15)27-22(30)18(12-23)14(2)20(26-27)21(29)25-24-13-16-6-4-5-7-19(16)28/h4-11,13,28H,3H2,1-2H3,(H,25,29)/b24-13+. The number of phenolic OH excluding ortho intramolecular Hbond substituents is 1. The van der Waals surface area contributed by atoms with Gasteiger partial charge in [-0.2, -0.15) is 20.1 Å². The average molecular weight is 401 g/mol. The van der Waals surface area contributed by atoms with Crippen molar-refractivity contribution in [1.82, 2.24) is 15.2 Å². The number of amides is 1. The van der Waals surface area contributed by atoms with E-state index in [0.717, 1.165) is 16.7 Å². The van der Waals surface area contributed by atoms with Gasteiger partial charge in [0.1, 0.15) is 17.4 Å². The minimum Gasteiger partial charge on any atom is -0.507 e. The maximum absolute atomic E-state index is 12.7. The normalized spacial score (nSPS) is 10.7. The van der Waals surface area contributed by atoms with Crippen LogP contribution in [0.25, 0.3) is 5.69 Å². The van der Waals surface area contributed by atoms with E-state index < -0.39 is 11.5 Å². The van der Waals surface area contributed by atoms with Crippen LogP contribution < -0.4 is 11.0 Å². The van der Waals surface area contributed by atoms with Gasteiger partial charge in [0, 0.05) is 11.1 Å². The number of nitrogens with one attached hydrogen (secondary N) is 1. The molecular formula is C22H19N5O3. The number of rotatable bonds is 5. The van der Waals surface area contributed by atoms with Crippen molar-refractivity contribution in [2.75, 3.05) is 0 Å². The summed E-state index contributed by atoms with van der Waals surface area (Å²) < 4.78 is 1.03. The predicted molar refractivity (Wildman–Crippen MR) is 112 cm³/mol. The van der Waals surface area contributed by atoms with Gasteiger partial charge in [-0.1, -0.05) is 31.2 Å². The number of carbonyl (C=O) groups is 1. The van der Waals surface area contributed by atoms with Crippen LogP contribution in [0, 0.1) is 18.3 Å². The number of nitrogens with zero attached hydrogens (tertiary/aromatic N) is 4. The number of hydrazone groups is 1. The molecule has 2 N–H and O–H groups in total. The minimum atomic E-state index is -0.686. The molecule has 0 aliphatic carbocycles. The molecule has 0 bridgehead atoms. The van der Waals surface area contributed by atoms with Gasteiger partial charge in [0.05, 0.1) is 11.9 Å². The number of nitriles is 1. The molecule has 8 nitrogen and oxygen atoms in total. The molecule has 2 aromatic carbocycles. The lowest BCUT2D eigenvalue weighted by atomic mass is 10.1. The minimum absolute atomic E-state index is 0.0145. The lowest BCUT2D eigenvalue weighted by Gasteiger charge is -2.11. The molecule has 0 aliphatic heterocycles. The van der Waals surface area contributed by atoms with Crippen LogP contribution in [0.15, 0.2) is 58.4 Å². The number of carbonyl (C=O) groups excluding carboxylic acids is 1. The SMILES string of the molecule is CCc1ccc(-n2nc(C(=O)N/N=C/c3ccccc3O)c(C)c(C#N)c2=O)cc1. The monoisotopic (exact) mass is 401 g/mol. The molecule has 0 spiro atoms. The van der Waals surface area contributed by atoms with E-state index in [-0.39, 0.29) is 22.6 Å². The van der Waals surface area contributed by atoms with Gasteiger partial charge in [-0.15, -0.1) is 0 Å². The molecule has 1 amide bonds. The summed E-state index contributed by atoms with van der Waals surface area (Å²) in [6.07, 6.45) is 2.12. The van der Waals surface area contributed by atoms with E-state index in [4.69, 9.17) is 0 Å². The number of para-hydroxylation sites is 1. The van der Waals surface area contributed by atoms with Crippen molar-refractivity contribution in [1.29, 1.82) is 5.26 Å². The molecule has 0 saturated heterocycles. The van der Waals surface area contributed by atoms with Crippen LogP contribution in [0.1, 0.15) is 39.7 Å². The van der Waals surface area contributed by atoms with Gasteiger partial charge in [-0.25, -0.2) is 5.43 Å². The third-order valence-electron chi connectivity index (χ3n) is 4.56. The molecule has 0 atom stereocenters. The Bertz CT molecular complexity index is 1220. The van der Waals surface area contributed by atoms with Crippen molar-refractivity contribution in [3.63, 3.8) is 0 Å². The fourth-order valence-electron chi connectivity index (χ4n) is 2.81. The first-order valence-corrected chi connectivity index (χ1v) is 9.21. The van der Waals surface area contributed by atoms with Crippen LogP contribution in [-0.2, 0) is 6.42 Å². The van der Waals surface area contributed by atoms with Crippen molar-refractivity contribution < 1.29 is 9.90 Å². The Hall–Kier alpha value is -4.25. The van der Waals surface area contributed by atoms with E-state index in [1.54, 1.807) is 30.3 Å². The molecule has 3 aromatic rings. The van der Waals surface area contributed by atoms with Gasteiger partial charge in [-0.05, 0) is 43.2 Å². The van der Waals surface area contributed by atoms with E-state index in [1.807, 2.05) is 25.1 Å². The third-order valence-corrected chi connectivity index (χ3v) is 4.56.